The third kappa shape index (κ3) is 28.1. The molecule has 2 saturated heterocycles. The smallest absolute Gasteiger partial charge is 0.306 e. The van der Waals surface area contributed by atoms with E-state index in [0.29, 0.717) is 12.8 Å². The zero-order valence-corrected chi connectivity index (χ0v) is 42.1. The average Bonchev–Trinajstić information content (AvgIpc) is 3.33. The normalized spacial score (nSPS) is 25.9. The van der Waals surface area contributed by atoms with Crippen LogP contribution in [-0.2, 0) is 38.0 Å². The molecule has 0 aliphatic carbocycles. The van der Waals surface area contributed by atoms with Gasteiger partial charge in [0.05, 0.1) is 19.8 Å². The van der Waals surface area contributed by atoms with Gasteiger partial charge in [0, 0.05) is 12.8 Å². The monoisotopic (exact) mass is 973 g/mol. The number of esters is 2. The second-order valence-corrected chi connectivity index (χ2v) is 19.0. The first-order chi connectivity index (χ1) is 33.0. The highest BCUT2D eigenvalue weighted by Crippen LogP contribution is 2.26. The van der Waals surface area contributed by atoms with Crippen molar-refractivity contribution < 1.29 is 73.8 Å². The van der Waals surface area contributed by atoms with Crippen LogP contribution >= 0.6 is 0 Å². The number of hydrogen-bond donors (Lipinski definition) is 7. The molecule has 15 heteroatoms. The van der Waals surface area contributed by atoms with E-state index in [0.717, 1.165) is 64.2 Å². The van der Waals surface area contributed by atoms with Gasteiger partial charge in [-0.15, -0.1) is 0 Å². The van der Waals surface area contributed by atoms with E-state index in [4.69, 9.17) is 28.4 Å². The lowest BCUT2D eigenvalue weighted by molar-refractivity contribution is -0.332. The number of aliphatic hydroxyl groups is 7. The SMILES string of the molecule is CCCCCCCC/C=C/CCCCCCCCCC(=O)OC[C@@H](CO[C@@H]1O[C@H](CO[C@@H]2O[C@H](CO)[C@H](O)C(O)C2O)[C@H](O)C(O)C1O)OC(=O)CCCCCCC/C=C/CCCCCCCC. The van der Waals surface area contributed by atoms with Gasteiger partial charge in [-0.2, -0.15) is 0 Å². The van der Waals surface area contributed by atoms with Crippen LogP contribution in [0.4, 0.5) is 0 Å². The molecule has 2 heterocycles. The topological polar surface area (TPSA) is 231 Å². The Balaban J connectivity index is 1.79. The molecule has 2 fully saturated rings. The van der Waals surface area contributed by atoms with Gasteiger partial charge in [-0.25, -0.2) is 0 Å². The van der Waals surface area contributed by atoms with Crippen LogP contribution in [0.25, 0.3) is 0 Å². The molecule has 0 aromatic heterocycles. The lowest BCUT2D eigenvalue weighted by atomic mass is 9.98. The number of ether oxygens (including phenoxy) is 6. The number of hydrogen-bond acceptors (Lipinski definition) is 15. The van der Waals surface area contributed by atoms with Gasteiger partial charge in [-0.3, -0.25) is 9.59 Å². The van der Waals surface area contributed by atoms with Gasteiger partial charge in [-0.1, -0.05) is 154 Å². The summed E-state index contributed by atoms with van der Waals surface area (Å²) in [6.07, 6.45) is 24.8. The van der Waals surface area contributed by atoms with Gasteiger partial charge in [0.25, 0.3) is 0 Å². The largest absolute Gasteiger partial charge is 0.462 e. The maximum Gasteiger partial charge on any atom is 0.306 e. The van der Waals surface area contributed by atoms with E-state index in [1.165, 1.54) is 103 Å². The number of rotatable bonds is 42. The Hall–Kier alpha value is -2.02. The van der Waals surface area contributed by atoms with E-state index in [-0.39, 0.29) is 26.1 Å². The van der Waals surface area contributed by atoms with E-state index in [1.54, 1.807) is 0 Å². The van der Waals surface area contributed by atoms with Crippen molar-refractivity contribution in [1.82, 2.24) is 0 Å². The molecule has 0 aromatic rings. The van der Waals surface area contributed by atoms with Gasteiger partial charge in [-0.05, 0) is 64.2 Å². The van der Waals surface area contributed by atoms with Gasteiger partial charge in [0.15, 0.2) is 18.7 Å². The summed E-state index contributed by atoms with van der Waals surface area (Å²) in [5.41, 5.74) is 0. The summed E-state index contributed by atoms with van der Waals surface area (Å²) in [6.45, 7) is 2.58. The fourth-order valence-electron chi connectivity index (χ4n) is 8.44. The Morgan fingerprint density at radius 1 is 0.456 bits per heavy atom. The highest BCUT2D eigenvalue weighted by Gasteiger charge is 2.47. The fraction of sp³-hybridized carbons (Fsp3) is 0.887. The summed E-state index contributed by atoms with van der Waals surface area (Å²) in [5, 5.41) is 72.1. The molecule has 0 radical (unpaired) electrons. The van der Waals surface area contributed by atoms with Crippen LogP contribution in [0.3, 0.4) is 0 Å². The molecule has 0 spiro atoms. The van der Waals surface area contributed by atoms with E-state index >= 15 is 0 Å². The molecule has 68 heavy (non-hydrogen) atoms. The van der Waals surface area contributed by atoms with Crippen LogP contribution in [0.1, 0.15) is 206 Å². The van der Waals surface area contributed by atoms with Crippen LogP contribution < -0.4 is 0 Å². The number of carbonyl (C=O) groups is 2. The van der Waals surface area contributed by atoms with Crippen LogP contribution in [0.15, 0.2) is 24.3 Å². The summed E-state index contributed by atoms with van der Waals surface area (Å²) >= 11 is 0. The Morgan fingerprint density at radius 3 is 1.29 bits per heavy atom. The molecule has 15 nitrogen and oxygen atoms in total. The molecule has 0 aromatic carbocycles. The minimum absolute atomic E-state index is 0.156. The molecule has 2 aliphatic heterocycles. The molecular weight excluding hydrogens is 877 g/mol. The summed E-state index contributed by atoms with van der Waals surface area (Å²) in [4.78, 5) is 25.8. The Bertz CT molecular complexity index is 1280. The van der Waals surface area contributed by atoms with Crippen molar-refractivity contribution in [3.8, 4) is 0 Å². The van der Waals surface area contributed by atoms with Gasteiger partial charge in [0.1, 0.15) is 55.4 Å². The number of allylic oxidation sites excluding steroid dienone is 4. The molecule has 0 amide bonds. The summed E-state index contributed by atoms with van der Waals surface area (Å²) in [5.74, 6) is -0.934. The van der Waals surface area contributed by atoms with E-state index in [9.17, 15) is 45.3 Å². The maximum absolute atomic E-state index is 13.0. The molecule has 0 saturated carbocycles. The first-order valence-electron chi connectivity index (χ1n) is 26.9. The Labute approximate surface area is 409 Å². The maximum atomic E-state index is 13.0. The summed E-state index contributed by atoms with van der Waals surface area (Å²) in [6, 6.07) is 0. The van der Waals surface area contributed by atoms with Crippen LogP contribution in [-0.4, -0.2) is 142 Å². The zero-order valence-electron chi connectivity index (χ0n) is 42.1. The molecule has 2 rings (SSSR count). The second-order valence-electron chi connectivity index (χ2n) is 19.0. The van der Waals surface area contributed by atoms with Crippen molar-refractivity contribution in [2.75, 3.05) is 26.4 Å². The van der Waals surface area contributed by atoms with Crippen LogP contribution in [0, 0.1) is 0 Å². The second kappa shape index (κ2) is 40.6. The predicted molar refractivity (Wildman–Crippen MR) is 261 cm³/mol. The standard InChI is InChI=1S/C53H96O15/c1-3-5-7-9-11-13-15-17-19-20-22-23-25-27-29-31-33-35-44(55)63-38-41(66-45(56)36-34-32-30-28-26-24-21-18-16-14-12-10-8-6-4-2)39-64-52-51(62)49(60)47(58)43(68-52)40-65-53-50(61)48(59)46(57)42(37-54)67-53/h17-19,21,41-43,46-54,57-62H,3-16,20,22-40H2,1-2H3/b19-17+,21-18+/t41-,42+,43+,46-,47-,48?,49?,50?,51?,52+,53+/m0/s1. The third-order valence-corrected chi connectivity index (χ3v) is 12.9. The molecular formula is C53H96O15. The summed E-state index contributed by atoms with van der Waals surface area (Å²) < 4.78 is 33.6. The van der Waals surface area contributed by atoms with Crippen LogP contribution in [0.5, 0.6) is 0 Å². The zero-order chi connectivity index (χ0) is 49.6. The number of aliphatic hydroxyl groups excluding tert-OH is 7. The molecule has 4 unspecified atom stereocenters. The first-order valence-corrected chi connectivity index (χ1v) is 26.9. The minimum Gasteiger partial charge on any atom is -0.462 e. The highest BCUT2D eigenvalue weighted by atomic mass is 16.7. The number of carbonyl (C=O) groups excluding carboxylic acids is 2. The van der Waals surface area contributed by atoms with E-state index < -0.39 is 92.7 Å². The Kier molecular flexibility index (Phi) is 37.0. The fourth-order valence-corrected chi connectivity index (χ4v) is 8.44. The van der Waals surface area contributed by atoms with Crippen molar-refractivity contribution >= 4 is 11.9 Å². The van der Waals surface area contributed by atoms with E-state index in [2.05, 4.69) is 38.2 Å². The third-order valence-electron chi connectivity index (χ3n) is 12.9. The van der Waals surface area contributed by atoms with Crippen molar-refractivity contribution in [2.45, 2.75) is 274 Å². The quantitative estimate of drug-likeness (QED) is 0.0175. The van der Waals surface area contributed by atoms with Crippen molar-refractivity contribution in [3.05, 3.63) is 24.3 Å². The van der Waals surface area contributed by atoms with Gasteiger partial charge < -0.3 is 64.2 Å². The highest BCUT2D eigenvalue weighted by molar-refractivity contribution is 5.70. The van der Waals surface area contributed by atoms with Gasteiger partial charge in [0.2, 0.25) is 0 Å². The molecule has 2 aliphatic rings. The molecule has 0 bridgehead atoms. The first kappa shape index (κ1) is 62.1. The van der Waals surface area contributed by atoms with Gasteiger partial charge >= 0.3 is 11.9 Å². The lowest BCUT2D eigenvalue weighted by Crippen LogP contribution is -2.61. The molecule has 398 valence electrons. The Morgan fingerprint density at radius 2 is 0.838 bits per heavy atom. The van der Waals surface area contributed by atoms with Crippen molar-refractivity contribution in [3.63, 3.8) is 0 Å². The molecule has 7 N–H and O–H groups in total. The van der Waals surface area contributed by atoms with Crippen molar-refractivity contribution in [2.24, 2.45) is 0 Å². The van der Waals surface area contributed by atoms with Crippen LogP contribution in [0.2, 0.25) is 0 Å². The predicted octanol–water partition coefficient (Wildman–Crippen LogP) is 7.94. The summed E-state index contributed by atoms with van der Waals surface area (Å²) in [7, 11) is 0. The molecule has 11 atom stereocenters. The number of unbranched alkanes of at least 4 members (excludes halogenated alkanes) is 24. The van der Waals surface area contributed by atoms with E-state index in [1.807, 2.05) is 0 Å². The average molecular weight is 973 g/mol. The lowest BCUT2D eigenvalue weighted by Gasteiger charge is -2.42. The van der Waals surface area contributed by atoms with Crippen molar-refractivity contribution in [1.29, 1.82) is 0 Å². The minimum atomic E-state index is -1.77.